The van der Waals surface area contributed by atoms with E-state index in [9.17, 15) is 17.1 Å². The summed E-state index contributed by atoms with van der Waals surface area (Å²) in [7, 11) is -5.01. The van der Waals surface area contributed by atoms with Crippen LogP contribution in [0.3, 0.4) is 0 Å². The van der Waals surface area contributed by atoms with Crippen LogP contribution < -0.4 is 26.8 Å². The number of nitrogens with zero attached hydrogens (tertiary/aromatic N) is 1. The van der Waals surface area contributed by atoms with E-state index in [4.69, 9.17) is 8.92 Å². The second kappa shape index (κ2) is 18.5. The van der Waals surface area contributed by atoms with Crippen LogP contribution in [0.5, 0.6) is 0 Å². The molecular formula is C33H59FN6O5S. The largest absolute Gasteiger partial charge is 0.437 e. The highest BCUT2D eigenvalue weighted by molar-refractivity contribution is 7.81. The van der Waals surface area contributed by atoms with Crippen LogP contribution in [0.1, 0.15) is 103 Å². The predicted molar refractivity (Wildman–Crippen MR) is 176 cm³/mol. The van der Waals surface area contributed by atoms with E-state index >= 15 is 0 Å². The first-order valence-corrected chi connectivity index (χ1v) is 19.5. The van der Waals surface area contributed by atoms with E-state index in [0.29, 0.717) is 31.2 Å². The second-order valence-corrected chi connectivity index (χ2v) is 15.2. The van der Waals surface area contributed by atoms with Crippen LogP contribution in [0.4, 0.5) is 3.89 Å². The van der Waals surface area contributed by atoms with Crippen molar-refractivity contribution in [1.82, 2.24) is 31.7 Å². The molecule has 11 nitrogen and oxygen atoms in total. The topological polar surface area (TPSA) is 133 Å². The molecule has 2 aliphatic heterocycles. The van der Waals surface area contributed by atoms with Crippen molar-refractivity contribution in [2.75, 3.05) is 39.3 Å². The minimum Gasteiger partial charge on any atom is -0.378 e. The highest BCUT2D eigenvalue weighted by atomic mass is 32.3. The van der Waals surface area contributed by atoms with Crippen LogP contribution in [0, 0.1) is 17.8 Å². The SMILES string of the molecule is O=C(NCC1CCCCC1OS(=O)(=O)F)C1CCCC(NCC2NNC(C3CCNCC3)N2CCCOC2CC/C=C\CCC2)C1. The highest BCUT2D eigenvalue weighted by Gasteiger charge is 2.38. The Morgan fingerprint density at radius 3 is 2.59 bits per heavy atom. The van der Waals surface area contributed by atoms with Gasteiger partial charge in [0.15, 0.2) is 0 Å². The Kier molecular flexibility index (Phi) is 14.5. The number of piperidine rings is 1. The lowest BCUT2D eigenvalue weighted by atomic mass is 9.84. The summed E-state index contributed by atoms with van der Waals surface area (Å²) >= 11 is 0. The summed E-state index contributed by atoms with van der Waals surface area (Å²) in [5, 5.41) is 10.3. The van der Waals surface area contributed by atoms with Crippen molar-refractivity contribution in [2.24, 2.45) is 17.8 Å². The van der Waals surface area contributed by atoms with E-state index in [1.165, 1.54) is 19.3 Å². The van der Waals surface area contributed by atoms with Crippen LogP contribution >= 0.6 is 0 Å². The zero-order chi connectivity index (χ0) is 32.2. The maximum Gasteiger partial charge on any atom is 0.437 e. The molecule has 13 heteroatoms. The molecule has 1 amide bonds. The minimum absolute atomic E-state index is 0.00694. The van der Waals surface area contributed by atoms with E-state index in [-0.39, 0.29) is 30.0 Å². The monoisotopic (exact) mass is 670 g/mol. The number of hydrogen-bond donors (Lipinski definition) is 5. The minimum atomic E-state index is -5.01. The molecule has 5 rings (SSSR count). The van der Waals surface area contributed by atoms with Gasteiger partial charge in [-0.15, -0.1) is 0 Å². The van der Waals surface area contributed by atoms with Crippen molar-refractivity contribution < 1.29 is 26.0 Å². The molecule has 264 valence electrons. The summed E-state index contributed by atoms with van der Waals surface area (Å²) < 4.78 is 46.4. The lowest BCUT2D eigenvalue weighted by Crippen LogP contribution is -2.51. The molecule has 0 aromatic heterocycles. The second-order valence-electron chi connectivity index (χ2n) is 14.2. The third kappa shape index (κ3) is 11.5. The summed E-state index contributed by atoms with van der Waals surface area (Å²) in [5.74, 6) is 0.319. The Balaban J connectivity index is 1.08. The molecule has 2 saturated heterocycles. The average molecular weight is 671 g/mol. The number of ether oxygens (including phenoxy) is 1. The number of rotatable bonds is 14. The average Bonchev–Trinajstić information content (AvgIpc) is 3.44. The lowest BCUT2D eigenvalue weighted by molar-refractivity contribution is -0.126. The summed E-state index contributed by atoms with van der Waals surface area (Å²) in [6.45, 7) is 5.00. The molecule has 5 aliphatic rings. The van der Waals surface area contributed by atoms with Gasteiger partial charge in [0.05, 0.1) is 24.5 Å². The predicted octanol–water partition coefficient (Wildman–Crippen LogP) is 3.40. The van der Waals surface area contributed by atoms with Gasteiger partial charge in [0.2, 0.25) is 5.91 Å². The normalized spacial score (nSPS) is 34.5. The van der Waals surface area contributed by atoms with E-state index in [2.05, 4.69) is 43.9 Å². The van der Waals surface area contributed by atoms with Gasteiger partial charge in [0, 0.05) is 44.1 Å². The third-order valence-electron chi connectivity index (χ3n) is 10.9. The van der Waals surface area contributed by atoms with Gasteiger partial charge < -0.3 is 20.7 Å². The highest BCUT2D eigenvalue weighted by Crippen LogP contribution is 2.30. The molecule has 4 fully saturated rings. The first kappa shape index (κ1) is 36.1. The van der Waals surface area contributed by atoms with Gasteiger partial charge in [-0.3, -0.25) is 9.69 Å². The number of carbonyl (C=O) groups excluding carboxylic acids is 1. The molecule has 3 aliphatic carbocycles. The standard InChI is InChI=1S/C33H59FN6O5S/c34-46(42,43)45-30-15-7-6-10-27(30)23-37-33(41)26-11-8-12-28(22-26)36-24-31-38-39-32(25-16-18-35-19-17-25)40(31)20-9-21-44-29-13-4-2-1-3-5-14-29/h1-2,25-32,35-36,38-39H,3-24H2,(H,37,41)/b2-1-. The molecule has 2 saturated carbocycles. The Labute approximate surface area is 276 Å². The maximum absolute atomic E-state index is 13.2. The number of hydrogen-bond acceptors (Lipinski definition) is 10. The molecule has 0 aromatic rings. The molecule has 46 heavy (non-hydrogen) atoms. The molecule has 0 spiro atoms. The molecule has 0 radical (unpaired) electrons. The van der Waals surface area contributed by atoms with Crippen LogP contribution in [0.15, 0.2) is 12.2 Å². The van der Waals surface area contributed by atoms with Crippen molar-refractivity contribution in [1.29, 1.82) is 0 Å². The fraction of sp³-hybridized carbons (Fsp3) is 0.909. The quantitative estimate of drug-likeness (QED) is 0.106. The molecule has 2 heterocycles. The zero-order valence-corrected chi connectivity index (χ0v) is 28.4. The summed E-state index contributed by atoms with van der Waals surface area (Å²) in [4.78, 5) is 15.8. The fourth-order valence-corrected chi connectivity index (χ4v) is 8.84. The summed E-state index contributed by atoms with van der Waals surface area (Å²) in [6, 6.07) is 0.255. The van der Waals surface area contributed by atoms with Crippen molar-refractivity contribution in [3.05, 3.63) is 12.2 Å². The Hall–Kier alpha value is -1.19. The van der Waals surface area contributed by atoms with E-state index in [0.717, 1.165) is 110 Å². The third-order valence-corrected chi connectivity index (χ3v) is 11.4. The van der Waals surface area contributed by atoms with E-state index < -0.39 is 16.6 Å². The van der Waals surface area contributed by atoms with E-state index in [1.54, 1.807) is 0 Å². The van der Waals surface area contributed by atoms with Gasteiger partial charge in [0.1, 0.15) is 0 Å². The van der Waals surface area contributed by atoms with Crippen molar-refractivity contribution >= 4 is 16.4 Å². The number of nitrogens with one attached hydrogen (secondary N) is 5. The zero-order valence-electron chi connectivity index (χ0n) is 27.6. The number of halogens is 1. The van der Waals surface area contributed by atoms with E-state index in [1.807, 2.05) is 0 Å². The molecule has 7 unspecified atom stereocenters. The molecular weight excluding hydrogens is 611 g/mol. The number of allylic oxidation sites excluding steroid dienone is 2. The summed E-state index contributed by atoms with van der Waals surface area (Å²) in [5.41, 5.74) is 7.23. The first-order chi connectivity index (χ1) is 22.4. The van der Waals surface area contributed by atoms with Gasteiger partial charge in [0.25, 0.3) is 0 Å². The molecule has 5 N–H and O–H groups in total. The number of hydrazine groups is 1. The van der Waals surface area contributed by atoms with Crippen molar-refractivity contribution in [3.8, 4) is 0 Å². The molecule has 0 bridgehead atoms. The van der Waals surface area contributed by atoms with Gasteiger partial charge in [-0.2, -0.15) is 8.42 Å². The van der Waals surface area contributed by atoms with Crippen molar-refractivity contribution in [3.63, 3.8) is 0 Å². The Morgan fingerprint density at radius 2 is 1.74 bits per heavy atom. The summed E-state index contributed by atoms with van der Waals surface area (Å²) in [6.07, 6.45) is 20.4. The molecule has 7 atom stereocenters. The van der Waals surface area contributed by atoms with Crippen LogP contribution in [-0.4, -0.2) is 89.1 Å². The van der Waals surface area contributed by atoms with Crippen molar-refractivity contribution in [2.45, 2.75) is 133 Å². The Morgan fingerprint density at radius 1 is 0.913 bits per heavy atom. The van der Waals surface area contributed by atoms with Gasteiger partial charge in [-0.05, 0) is 102 Å². The van der Waals surface area contributed by atoms with Gasteiger partial charge in [-0.25, -0.2) is 15.0 Å². The van der Waals surface area contributed by atoms with Gasteiger partial charge in [-0.1, -0.05) is 35.3 Å². The smallest absolute Gasteiger partial charge is 0.378 e. The van der Waals surface area contributed by atoms with Crippen LogP contribution in [0.2, 0.25) is 0 Å². The maximum atomic E-state index is 13.2. The van der Waals surface area contributed by atoms with Crippen LogP contribution in [0.25, 0.3) is 0 Å². The first-order valence-electron chi connectivity index (χ1n) is 18.2. The van der Waals surface area contributed by atoms with Gasteiger partial charge >= 0.3 is 10.5 Å². The Bertz CT molecular complexity index is 1060. The fourth-order valence-electron chi connectivity index (χ4n) is 8.29. The lowest BCUT2D eigenvalue weighted by Gasteiger charge is -2.36. The molecule has 0 aromatic carbocycles. The number of carbonyl (C=O) groups is 1. The number of amides is 1. The van der Waals surface area contributed by atoms with Crippen LogP contribution in [-0.2, 0) is 24.2 Å².